The molecule has 0 aliphatic carbocycles. The molecule has 2 aromatic carbocycles. The van der Waals surface area contributed by atoms with Gasteiger partial charge in [-0.3, -0.25) is 4.79 Å². The third-order valence-electron chi connectivity index (χ3n) is 3.53. The van der Waals surface area contributed by atoms with Crippen LogP contribution in [0.2, 0.25) is 5.02 Å². The lowest BCUT2D eigenvalue weighted by Crippen LogP contribution is -2.18. The Bertz CT molecular complexity index is 1050. The summed E-state index contributed by atoms with van der Waals surface area (Å²) < 4.78 is 6.63. The van der Waals surface area contributed by atoms with E-state index in [-0.39, 0.29) is 5.56 Å². The highest BCUT2D eigenvalue weighted by Crippen LogP contribution is 2.20. The van der Waals surface area contributed by atoms with Crippen LogP contribution in [0, 0.1) is 0 Å². The van der Waals surface area contributed by atoms with E-state index in [1.165, 1.54) is 10.9 Å². The van der Waals surface area contributed by atoms with Crippen molar-refractivity contribution in [1.29, 1.82) is 0 Å². The molecule has 2 heterocycles. The van der Waals surface area contributed by atoms with Crippen LogP contribution in [-0.2, 0) is 0 Å². The zero-order valence-electron chi connectivity index (χ0n) is 11.8. The second-order valence-corrected chi connectivity index (χ2v) is 5.43. The van der Waals surface area contributed by atoms with Gasteiger partial charge in [0.05, 0.1) is 10.9 Å². The molecule has 23 heavy (non-hydrogen) atoms. The van der Waals surface area contributed by atoms with E-state index in [2.05, 4.69) is 10.1 Å². The van der Waals surface area contributed by atoms with Crippen molar-refractivity contribution in [2.75, 3.05) is 0 Å². The fourth-order valence-corrected chi connectivity index (χ4v) is 2.54. The molecule has 0 N–H and O–H groups in total. The van der Waals surface area contributed by atoms with Gasteiger partial charge in [0.15, 0.2) is 0 Å². The Morgan fingerprint density at radius 3 is 2.70 bits per heavy atom. The number of hydrogen-bond acceptors (Lipinski definition) is 4. The molecule has 0 aliphatic rings. The van der Waals surface area contributed by atoms with Crippen molar-refractivity contribution in [3.8, 4) is 17.1 Å². The average molecular weight is 324 g/mol. The molecule has 0 bridgehead atoms. The molecule has 0 aliphatic heterocycles. The Morgan fingerprint density at radius 1 is 1.04 bits per heavy atom. The summed E-state index contributed by atoms with van der Waals surface area (Å²) in [5.74, 6) is 0.318. The average Bonchev–Trinajstić information content (AvgIpc) is 3.05. The van der Waals surface area contributed by atoms with Crippen molar-refractivity contribution in [3.63, 3.8) is 0 Å². The molecule has 4 rings (SSSR count). The normalized spacial score (nSPS) is 11.0. The second kappa shape index (κ2) is 5.37. The molecule has 6 heteroatoms. The second-order valence-electron chi connectivity index (χ2n) is 5.00. The summed E-state index contributed by atoms with van der Waals surface area (Å²) in [6, 6.07) is 16.3. The summed E-state index contributed by atoms with van der Waals surface area (Å²) in [5, 5.41) is 5.02. The van der Waals surface area contributed by atoms with Crippen LogP contribution < -0.4 is 5.56 Å². The van der Waals surface area contributed by atoms with Gasteiger partial charge in [-0.25, -0.2) is 9.55 Å². The maximum absolute atomic E-state index is 12.6. The first-order valence-electron chi connectivity index (χ1n) is 6.92. The first kappa shape index (κ1) is 13.7. The molecule has 0 fully saturated rings. The lowest BCUT2D eigenvalue weighted by molar-refractivity contribution is 0.405. The number of hydrogen-bond donors (Lipinski definition) is 0. The molecule has 0 saturated heterocycles. The number of rotatable bonds is 2. The quantitative estimate of drug-likeness (QED) is 0.564. The smallest absolute Gasteiger partial charge is 0.268 e. The number of nitrogens with zero attached hydrogens (tertiary/aromatic N) is 3. The van der Waals surface area contributed by atoms with E-state index in [0.717, 1.165) is 5.56 Å². The van der Waals surface area contributed by atoms with Gasteiger partial charge in [-0.15, -0.1) is 0 Å². The van der Waals surface area contributed by atoms with Crippen molar-refractivity contribution < 1.29 is 4.52 Å². The van der Waals surface area contributed by atoms with E-state index in [0.29, 0.717) is 27.5 Å². The molecule has 112 valence electrons. The highest BCUT2D eigenvalue weighted by atomic mass is 35.5. The zero-order valence-corrected chi connectivity index (χ0v) is 12.6. The van der Waals surface area contributed by atoms with Crippen LogP contribution >= 0.6 is 11.6 Å². The molecule has 0 radical (unpaired) electrons. The van der Waals surface area contributed by atoms with Crippen molar-refractivity contribution in [1.82, 2.24) is 14.7 Å². The van der Waals surface area contributed by atoms with Gasteiger partial charge < -0.3 is 4.52 Å². The Balaban J connectivity index is 1.84. The van der Waals surface area contributed by atoms with Crippen LogP contribution in [0.3, 0.4) is 0 Å². The lowest BCUT2D eigenvalue weighted by atomic mass is 10.1. The first-order chi connectivity index (χ1) is 11.2. The maximum Gasteiger partial charge on any atom is 0.268 e. The van der Waals surface area contributed by atoms with Crippen LogP contribution in [-0.4, -0.2) is 14.7 Å². The molecular weight excluding hydrogens is 314 g/mol. The van der Waals surface area contributed by atoms with Gasteiger partial charge in [0.25, 0.3) is 5.56 Å². The predicted octanol–water partition coefficient (Wildman–Crippen LogP) is 3.69. The van der Waals surface area contributed by atoms with Crippen LogP contribution in [0.4, 0.5) is 0 Å². The molecular formula is C17H10ClN3O2. The van der Waals surface area contributed by atoms with Gasteiger partial charge in [-0.2, -0.15) is 0 Å². The zero-order chi connectivity index (χ0) is 15.8. The number of benzene rings is 2. The summed E-state index contributed by atoms with van der Waals surface area (Å²) in [5.41, 5.74) is 1.88. The molecule has 0 unspecified atom stereocenters. The molecule has 0 spiro atoms. The Hall–Kier alpha value is -2.92. The van der Waals surface area contributed by atoms with Crippen molar-refractivity contribution in [3.05, 3.63) is 76.3 Å². The topological polar surface area (TPSA) is 60.9 Å². The van der Waals surface area contributed by atoms with Crippen molar-refractivity contribution in [2.24, 2.45) is 0 Å². The van der Waals surface area contributed by atoms with Gasteiger partial charge in [0.2, 0.25) is 5.88 Å². The maximum atomic E-state index is 12.6. The highest BCUT2D eigenvalue weighted by molar-refractivity contribution is 6.31. The molecule has 0 amide bonds. The van der Waals surface area contributed by atoms with Crippen LogP contribution in [0.25, 0.3) is 28.0 Å². The minimum atomic E-state index is -0.234. The summed E-state index contributed by atoms with van der Waals surface area (Å²) in [6.07, 6.45) is 1.41. The van der Waals surface area contributed by atoms with Gasteiger partial charge in [-0.05, 0) is 18.2 Å². The molecule has 5 nitrogen and oxygen atoms in total. The first-order valence-corrected chi connectivity index (χ1v) is 7.29. The fraction of sp³-hybridized carbons (Fsp3) is 0. The van der Waals surface area contributed by atoms with Gasteiger partial charge in [-0.1, -0.05) is 47.1 Å². The lowest BCUT2D eigenvalue weighted by Gasteiger charge is -2.02. The molecule has 0 atom stereocenters. The molecule has 0 saturated carbocycles. The SMILES string of the molecule is O=c1c2ccc(Cl)cc2ncn1-c1cc(-c2ccccc2)no1. The Kier molecular flexibility index (Phi) is 3.20. The monoisotopic (exact) mass is 323 g/mol. The Morgan fingerprint density at radius 2 is 1.87 bits per heavy atom. The highest BCUT2D eigenvalue weighted by Gasteiger charge is 2.12. The third-order valence-corrected chi connectivity index (χ3v) is 3.76. The molecule has 4 aromatic rings. The summed E-state index contributed by atoms with van der Waals surface area (Å²) in [7, 11) is 0. The van der Waals surface area contributed by atoms with Crippen LogP contribution in [0.15, 0.2) is 70.2 Å². The fourth-order valence-electron chi connectivity index (χ4n) is 2.38. The van der Waals surface area contributed by atoms with E-state index < -0.39 is 0 Å². The predicted molar refractivity (Wildman–Crippen MR) is 87.8 cm³/mol. The van der Waals surface area contributed by atoms with Crippen LogP contribution in [0.1, 0.15) is 0 Å². The minimum Gasteiger partial charge on any atom is -0.337 e. The largest absolute Gasteiger partial charge is 0.337 e. The van der Waals surface area contributed by atoms with Gasteiger partial charge >= 0.3 is 0 Å². The van der Waals surface area contributed by atoms with Gasteiger partial charge in [0, 0.05) is 16.7 Å². The standard InChI is InChI=1S/C17H10ClN3O2/c18-12-6-7-13-15(8-12)19-10-21(17(13)22)16-9-14(20-23-16)11-4-2-1-3-5-11/h1-10H. The Labute approximate surface area is 135 Å². The van der Waals surface area contributed by atoms with Gasteiger partial charge in [0.1, 0.15) is 12.0 Å². The van der Waals surface area contributed by atoms with Crippen molar-refractivity contribution in [2.45, 2.75) is 0 Å². The van der Waals surface area contributed by atoms with E-state index >= 15 is 0 Å². The third kappa shape index (κ3) is 2.41. The summed E-state index contributed by atoms with van der Waals surface area (Å²) >= 11 is 5.92. The number of halogens is 1. The van der Waals surface area contributed by atoms with E-state index in [1.807, 2.05) is 30.3 Å². The number of fused-ring (bicyclic) bond motifs is 1. The van der Waals surface area contributed by atoms with E-state index in [4.69, 9.17) is 16.1 Å². The van der Waals surface area contributed by atoms with E-state index in [1.54, 1.807) is 24.3 Å². The van der Waals surface area contributed by atoms with Crippen molar-refractivity contribution >= 4 is 22.5 Å². The van der Waals surface area contributed by atoms with Crippen LogP contribution in [0.5, 0.6) is 0 Å². The summed E-state index contributed by atoms with van der Waals surface area (Å²) in [4.78, 5) is 16.8. The van der Waals surface area contributed by atoms with E-state index in [9.17, 15) is 4.79 Å². The minimum absolute atomic E-state index is 0.234. The number of aromatic nitrogens is 3. The molecule has 2 aromatic heterocycles. The summed E-state index contributed by atoms with van der Waals surface area (Å²) in [6.45, 7) is 0.